The Morgan fingerprint density at radius 3 is 2.61 bits per heavy atom. The lowest BCUT2D eigenvalue weighted by molar-refractivity contribution is 0.0658. The van der Waals surface area contributed by atoms with E-state index in [9.17, 15) is 13.2 Å². The van der Waals surface area contributed by atoms with Crippen LogP contribution in [0.25, 0.3) is 5.82 Å². The molecule has 1 aliphatic heterocycles. The summed E-state index contributed by atoms with van der Waals surface area (Å²) in [5.41, 5.74) is 1.34. The van der Waals surface area contributed by atoms with Crippen LogP contribution < -0.4 is 4.72 Å². The van der Waals surface area contributed by atoms with E-state index in [0.29, 0.717) is 11.4 Å². The molecule has 0 unspecified atom stereocenters. The quantitative estimate of drug-likeness (QED) is 0.674. The predicted molar refractivity (Wildman–Crippen MR) is 103 cm³/mol. The third-order valence-electron chi connectivity index (χ3n) is 4.62. The van der Waals surface area contributed by atoms with E-state index in [2.05, 4.69) is 14.8 Å². The summed E-state index contributed by atoms with van der Waals surface area (Å²) in [5.74, 6) is 0.468. The topological polar surface area (TPSA) is 97.2 Å². The molecule has 0 aliphatic carbocycles. The van der Waals surface area contributed by atoms with E-state index in [-0.39, 0.29) is 25.5 Å². The normalized spacial score (nSPS) is 14.6. The zero-order valence-electron chi connectivity index (χ0n) is 15.0. The van der Waals surface area contributed by atoms with Gasteiger partial charge in [-0.25, -0.2) is 22.8 Å². The third-order valence-corrected chi connectivity index (χ3v) is 6.34. The number of likely N-dealkylation sites (tertiary alicyclic amines) is 1. The molecule has 9 heteroatoms. The molecule has 28 heavy (non-hydrogen) atoms. The molecule has 2 aromatic heterocycles. The zero-order chi connectivity index (χ0) is 19.6. The Morgan fingerprint density at radius 2 is 1.89 bits per heavy atom. The molecule has 1 saturated heterocycles. The molecule has 1 fully saturated rings. The van der Waals surface area contributed by atoms with Gasteiger partial charge in [-0.1, -0.05) is 18.2 Å². The lowest BCUT2D eigenvalue weighted by Crippen LogP contribution is -2.59. The van der Waals surface area contributed by atoms with Crippen molar-refractivity contribution in [3.05, 3.63) is 78.2 Å². The van der Waals surface area contributed by atoms with Crippen LogP contribution >= 0.6 is 0 Å². The van der Waals surface area contributed by atoms with Crippen molar-refractivity contribution in [3.8, 4) is 5.82 Å². The molecule has 0 atom stereocenters. The maximum Gasteiger partial charge on any atom is 0.253 e. The number of pyridine rings is 1. The number of aromatic nitrogens is 3. The minimum absolute atomic E-state index is 0.148. The molecule has 1 N–H and O–H groups in total. The summed E-state index contributed by atoms with van der Waals surface area (Å²) in [7, 11) is -3.52. The van der Waals surface area contributed by atoms with Crippen LogP contribution in [0, 0.1) is 0 Å². The molecule has 1 aromatic carbocycles. The van der Waals surface area contributed by atoms with Crippen molar-refractivity contribution in [2.45, 2.75) is 11.8 Å². The highest BCUT2D eigenvalue weighted by Gasteiger charge is 2.39. The Balaban J connectivity index is 1.35. The van der Waals surface area contributed by atoms with Gasteiger partial charge in [0.2, 0.25) is 10.0 Å². The Hall–Kier alpha value is -3.04. The summed E-state index contributed by atoms with van der Waals surface area (Å²) in [5, 5.41) is 3.51. The van der Waals surface area contributed by atoms with Crippen LogP contribution in [0.5, 0.6) is 0 Å². The Morgan fingerprint density at radius 1 is 1.11 bits per heavy atom. The monoisotopic (exact) mass is 397 g/mol. The number of sulfonamides is 1. The lowest BCUT2D eigenvalue weighted by atomic mass is 10.1. The Labute approximate surface area is 162 Å². The maximum absolute atomic E-state index is 12.5. The van der Waals surface area contributed by atoms with Gasteiger partial charge in [0.25, 0.3) is 5.91 Å². The van der Waals surface area contributed by atoms with Gasteiger partial charge in [-0.15, -0.1) is 0 Å². The van der Waals surface area contributed by atoms with Crippen molar-refractivity contribution < 1.29 is 13.2 Å². The fraction of sp³-hybridized carbons (Fsp3) is 0.211. The highest BCUT2D eigenvalue weighted by Crippen LogP contribution is 2.19. The van der Waals surface area contributed by atoms with Crippen molar-refractivity contribution in [1.29, 1.82) is 0 Å². The van der Waals surface area contributed by atoms with Crippen LogP contribution in [-0.4, -0.2) is 52.3 Å². The molecule has 8 nitrogen and oxygen atoms in total. The highest BCUT2D eigenvalue weighted by atomic mass is 32.2. The molecule has 4 rings (SSSR count). The third kappa shape index (κ3) is 3.80. The summed E-state index contributed by atoms with van der Waals surface area (Å²) in [4.78, 5) is 18.1. The van der Waals surface area contributed by atoms with Crippen LogP contribution in [-0.2, 0) is 16.6 Å². The van der Waals surface area contributed by atoms with Crippen LogP contribution in [0.2, 0.25) is 0 Å². The summed E-state index contributed by atoms with van der Waals surface area (Å²) in [6.07, 6.45) is 5.03. The van der Waals surface area contributed by atoms with Crippen molar-refractivity contribution >= 4 is 15.9 Å². The first kappa shape index (κ1) is 18.3. The highest BCUT2D eigenvalue weighted by molar-refractivity contribution is 7.90. The van der Waals surface area contributed by atoms with Gasteiger partial charge >= 0.3 is 0 Å². The number of carbonyl (C=O) groups is 1. The smallest absolute Gasteiger partial charge is 0.253 e. The Kier molecular flexibility index (Phi) is 4.93. The molecule has 0 saturated carbocycles. The fourth-order valence-corrected chi connectivity index (χ4v) is 4.32. The lowest BCUT2D eigenvalue weighted by Gasteiger charge is -2.38. The number of benzene rings is 1. The van der Waals surface area contributed by atoms with Gasteiger partial charge in [0.15, 0.2) is 5.82 Å². The second kappa shape index (κ2) is 7.53. The second-order valence-corrected chi connectivity index (χ2v) is 8.58. The van der Waals surface area contributed by atoms with E-state index in [1.807, 2.05) is 6.07 Å². The van der Waals surface area contributed by atoms with E-state index in [1.165, 1.54) is 0 Å². The average Bonchev–Trinajstić information content (AvgIpc) is 3.21. The molecule has 3 heterocycles. The molecule has 0 bridgehead atoms. The van der Waals surface area contributed by atoms with Crippen LogP contribution in [0.4, 0.5) is 0 Å². The van der Waals surface area contributed by atoms with Crippen LogP contribution in [0.1, 0.15) is 15.9 Å². The molecule has 3 aromatic rings. The van der Waals surface area contributed by atoms with E-state index in [0.717, 1.165) is 5.56 Å². The number of carbonyl (C=O) groups excluding carboxylic acids is 1. The first-order valence-corrected chi connectivity index (χ1v) is 10.4. The summed E-state index contributed by atoms with van der Waals surface area (Å²) < 4.78 is 29.3. The molecule has 0 spiro atoms. The van der Waals surface area contributed by atoms with E-state index >= 15 is 0 Å². The average molecular weight is 397 g/mol. The second-order valence-electron chi connectivity index (χ2n) is 6.54. The summed E-state index contributed by atoms with van der Waals surface area (Å²) in [6.45, 7) is 0.540. The minimum Gasteiger partial charge on any atom is -0.336 e. The summed E-state index contributed by atoms with van der Waals surface area (Å²) >= 11 is 0. The van der Waals surface area contributed by atoms with Crippen LogP contribution in [0.3, 0.4) is 0 Å². The van der Waals surface area contributed by atoms with Gasteiger partial charge in [0.05, 0.1) is 0 Å². The molecule has 1 aliphatic rings. The van der Waals surface area contributed by atoms with Crippen molar-refractivity contribution in [2.75, 3.05) is 13.1 Å². The number of hydrogen-bond donors (Lipinski definition) is 1. The molecule has 1 amide bonds. The van der Waals surface area contributed by atoms with Gasteiger partial charge in [-0.3, -0.25) is 4.79 Å². The fourth-order valence-electron chi connectivity index (χ4n) is 2.97. The Bertz CT molecular complexity index is 1060. The number of nitrogens with one attached hydrogen (secondary N) is 1. The van der Waals surface area contributed by atoms with E-state index < -0.39 is 15.3 Å². The first-order chi connectivity index (χ1) is 13.5. The first-order valence-electron chi connectivity index (χ1n) is 8.81. The number of nitrogens with zero attached hydrogens (tertiary/aromatic N) is 4. The molecular weight excluding hydrogens is 378 g/mol. The van der Waals surface area contributed by atoms with Gasteiger partial charge in [0.1, 0.15) is 5.25 Å². The SMILES string of the molecule is O=C(c1ccccc1)N1CC(S(=O)(=O)NCc2ccnc(-n3cccn3)c2)C1. The van der Waals surface area contributed by atoms with Crippen molar-refractivity contribution in [3.63, 3.8) is 0 Å². The molecule has 0 radical (unpaired) electrons. The summed E-state index contributed by atoms with van der Waals surface area (Å²) in [6, 6.07) is 14.2. The van der Waals surface area contributed by atoms with Crippen molar-refractivity contribution in [2.24, 2.45) is 0 Å². The number of hydrogen-bond acceptors (Lipinski definition) is 5. The zero-order valence-corrected chi connectivity index (χ0v) is 15.8. The van der Waals surface area contributed by atoms with Crippen molar-refractivity contribution in [1.82, 2.24) is 24.4 Å². The van der Waals surface area contributed by atoms with E-state index in [1.54, 1.807) is 70.6 Å². The maximum atomic E-state index is 12.5. The standard InChI is InChI=1S/C19H19N5O3S/c25-19(16-5-2-1-3-6-16)23-13-17(14-23)28(26,27)22-12-15-7-9-20-18(11-15)24-10-4-8-21-24/h1-11,17,22H,12-14H2. The largest absolute Gasteiger partial charge is 0.336 e. The molecule has 144 valence electrons. The van der Waals surface area contributed by atoms with Gasteiger partial charge in [-0.2, -0.15) is 5.10 Å². The number of rotatable bonds is 6. The minimum atomic E-state index is -3.52. The molecular formula is C19H19N5O3S. The van der Waals surface area contributed by atoms with Gasteiger partial charge in [-0.05, 0) is 35.9 Å². The van der Waals surface area contributed by atoms with E-state index in [4.69, 9.17) is 0 Å². The van der Waals surface area contributed by atoms with Gasteiger partial charge < -0.3 is 4.90 Å². The number of amides is 1. The van der Waals surface area contributed by atoms with Crippen LogP contribution in [0.15, 0.2) is 67.1 Å². The predicted octanol–water partition coefficient (Wildman–Crippen LogP) is 1.21. The van der Waals surface area contributed by atoms with Gasteiger partial charge in [0, 0.05) is 43.8 Å².